The zero-order valence-corrected chi connectivity index (χ0v) is 17.7. The highest BCUT2D eigenvalue weighted by Crippen LogP contribution is 2.34. The molecule has 0 unspecified atom stereocenters. The van der Waals surface area contributed by atoms with E-state index in [-0.39, 0.29) is 19.1 Å². The number of rotatable bonds is 4. The molecule has 3 heterocycles. The van der Waals surface area contributed by atoms with Gasteiger partial charge in [0.15, 0.2) is 5.67 Å². The number of pyridine rings is 1. The molecule has 5 rings (SSSR count). The average molecular weight is 434 g/mol. The van der Waals surface area contributed by atoms with Gasteiger partial charge in [-0.2, -0.15) is 0 Å². The summed E-state index contributed by atoms with van der Waals surface area (Å²) in [6, 6.07) is 17.0. The maximum absolute atomic E-state index is 14.8. The molecule has 1 aliphatic rings. The maximum Gasteiger partial charge on any atom is 0.251 e. The van der Waals surface area contributed by atoms with Gasteiger partial charge in [0.1, 0.15) is 5.01 Å². The van der Waals surface area contributed by atoms with E-state index >= 15 is 0 Å². The van der Waals surface area contributed by atoms with Crippen LogP contribution in [-0.2, 0) is 23.6 Å². The number of ether oxygens (including phenoxy) is 1. The first-order valence-electron chi connectivity index (χ1n) is 9.99. The Bertz CT molecular complexity index is 1270. The highest BCUT2D eigenvalue weighted by Gasteiger charge is 2.33. The summed E-state index contributed by atoms with van der Waals surface area (Å²) in [6.45, 7) is 2.09. The van der Waals surface area contributed by atoms with Crippen molar-refractivity contribution in [3.63, 3.8) is 0 Å². The molecule has 31 heavy (non-hydrogen) atoms. The zero-order chi connectivity index (χ0) is 21.4. The number of amides is 1. The summed E-state index contributed by atoms with van der Waals surface area (Å²) in [5, 5.41) is 3.81. The van der Waals surface area contributed by atoms with Crippen molar-refractivity contribution < 1.29 is 13.9 Å². The van der Waals surface area contributed by atoms with Crippen molar-refractivity contribution in [1.82, 2.24) is 15.3 Å². The summed E-state index contributed by atoms with van der Waals surface area (Å²) in [7, 11) is 0. The summed E-state index contributed by atoms with van der Waals surface area (Å²) in [5.74, 6) is -0.268. The van der Waals surface area contributed by atoms with Crippen LogP contribution in [0.15, 0.2) is 60.8 Å². The third-order valence-electron chi connectivity index (χ3n) is 5.35. The lowest BCUT2D eigenvalue weighted by Crippen LogP contribution is -2.30. The minimum absolute atomic E-state index is 0.00633. The number of carbonyl (C=O) groups is 1. The normalized spacial score (nSPS) is 18.0. The highest BCUT2D eigenvalue weighted by molar-refractivity contribution is 7.21. The number of carbonyl (C=O) groups excluding carboxylic acids is 1. The van der Waals surface area contributed by atoms with Crippen LogP contribution in [0.5, 0.6) is 0 Å². The molecule has 7 heteroatoms. The molecular weight excluding hydrogens is 413 g/mol. The lowest BCUT2D eigenvalue weighted by atomic mass is 9.90. The van der Waals surface area contributed by atoms with Crippen LogP contribution in [0, 0.1) is 0 Å². The number of nitrogens with zero attached hydrogens (tertiary/aromatic N) is 2. The number of thiazole rings is 1. The van der Waals surface area contributed by atoms with Gasteiger partial charge in [-0.15, -0.1) is 11.3 Å². The van der Waals surface area contributed by atoms with Gasteiger partial charge in [0.05, 0.1) is 35.7 Å². The molecule has 5 nitrogen and oxygen atoms in total. The second-order valence-electron chi connectivity index (χ2n) is 7.77. The standard InChI is InChI=1S/C24H20FN3O2S/c1-24(25)14-30-13-17-8-7-16(9-19(17)24)22(29)27-11-18-10-20-21(12-26-18)31-23(28-20)15-5-3-2-4-6-15/h2-10,12H,11,13-14H2,1H3,(H,27,29)/t24-/m1/s1. The van der Waals surface area contributed by atoms with E-state index in [1.54, 1.807) is 35.7 Å². The SMILES string of the molecule is C[C@@]1(F)COCc2ccc(C(=O)NCc3cc4nc(-c5ccccc5)sc4cn3)cc21. The Morgan fingerprint density at radius 3 is 2.90 bits per heavy atom. The fourth-order valence-corrected chi connectivity index (χ4v) is 4.63. The molecule has 0 radical (unpaired) electrons. The number of aromatic nitrogens is 2. The second kappa shape index (κ2) is 7.83. The van der Waals surface area contributed by atoms with Crippen molar-refractivity contribution in [1.29, 1.82) is 0 Å². The summed E-state index contributed by atoms with van der Waals surface area (Å²) < 4.78 is 21.0. The van der Waals surface area contributed by atoms with Crippen LogP contribution in [-0.4, -0.2) is 22.5 Å². The van der Waals surface area contributed by atoms with E-state index in [0.717, 1.165) is 26.4 Å². The third-order valence-corrected chi connectivity index (χ3v) is 6.40. The highest BCUT2D eigenvalue weighted by atomic mass is 32.1. The van der Waals surface area contributed by atoms with Crippen molar-refractivity contribution in [3.05, 3.63) is 83.2 Å². The van der Waals surface area contributed by atoms with Crippen molar-refractivity contribution in [2.45, 2.75) is 25.7 Å². The van der Waals surface area contributed by atoms with Gasteiger partial charge in [-0.25, -0.2) is 9.37 Å². The van der Waals surface area contributed by atoms with Gasteiger partial charge in [0.2, 0.25) is 0 Å². The topological polar surface area (TPSA) is 64.1 Å². The van der Waals surface area contributed by atoms with Crippen LogP contribution in [0.25, 0.3) is 20.8 Å². The Balaban J connectivity index is 1.32. The number of hydrogen-bond acceptors (Lipinski definition) is 5. The first-order valence-corrected chi connectivity index (χ1v) is 10.8. The largest absolute Gasteiger partial charge is 0.373 e. The van der Waals surface area contributed by atoms with E-state index in [4.69, 9.17) is 9.72 Å². The van der Waals surface area contributed by atoms with Gasteiger partial charge in [-0.3, -0.25) is 9.78 Å². The number of hydrogen-bond donors (Lipinski definition) is 1. The summed E-state index contributed by atoms with van der Waals surface area (Å²) in [5.41, 5.74) is 2.75. The van der Waals surface area contributed by atoms with E-state index < -0.39 is 5.67 Å². The first kappa shape index (κ1) is 19.8. The minimum atomic E-state index is -1.60. The van der Waals surface area contributed by atoms with E-state index in [9.17, 15) is 9.18 Å². The van der Waals surface area contributed by atoms with Crippen LogP contribution in [0.3, 0.4) is 0 Å². The van der Waals surface area contributed by atoms with Gasteiger partial charge >= 0.3 is 0 Å². The lowest BCUT2D eigenvalue weighted by Gasteiger charge is -2.29. The van der Waals surface area contributed by atoms with Crippen LogP contribution in [0.2, 0.25) is 0 Å². The van der Waals surface area contributed by atoms with Crippen molar-refractivity contribution in [3.8, 4) is 10.6 Å². The Morgan fingerprint density at radius 2 is 2.06 bits per heavy atom. The van der Waals surface area contributed by atoms with Gasteiger partial charge in [-0.05, 0) is 36.2 Å². The smallest absolute Gasteiger partial charge is 0.251 e. The van der Waals surface area contributed by atoms with Crippen molar-refractivity contribution >= 4 is 27.5 Å². The second-order valence-corrected chi connectivity index (χ2v) is 8.80. The Hall–Kier alpha value is -3.16. The third kappa shape index (κ3) is 3.94. The molecule has 1 atom stereocenters. The van der Waals surface area contributed by atoms with Crippen molar-refractivity contribution in [2.24, 2.45) is 0 Å². The monoisotopic (exact) mass is 433 g/mol. The Morgan fingerprint density at radius 1 is 1.23 bits per heavy atom. The quantitative estimate of drug-likeness (QED) is 0.492. The Labute approximate surface area is 182 Å². The lowest BCUT2D eigenvalue weighted by molar-refractivity contribution is -0.00467. The Kier molecular flexibility index (Phi) is 5.00. The number of fused-ring (bicyclic) bond motifs is 2. The summed E-state index contributed by atoms with van der Waals surface area (Å²) >= 11 is 1.59. The predicted molar refractivity (Wildman–Crippen MR) is 119 cm³/mol. The van der Waals surface area contributed by atoms with Crippen molar-refractivity contribution in [2.75, 3.05) is 6.61 Å². The van der Waals surface area contributed by atoms with Crippen LogP contribution >= 0.6 is 11.3 Å². The molecule has 156 valence electrons. The van der Waals surface area contributed by atoms with Gasteiger partial charge < -0.3 is 10.1 Å². The number of halogens is 1. The van der Waals surface area contributed by atoms with Crippen LogP contribution in [0.4, 0.5) is 4.39 Å². The van der Waals surface area contributed by atoms with E-state index in [2.05, 4.69) is 10.3 Å². The summed E-state index contributed by atoms with van der Waals surface area (Å²) in [4.78, 5) is 21.8. The molecule has 4 aromatic rings. The van der Waals surface area contributed by atoms with E-state index in [1.807, 2.05) is 36.4 Å². The molecule has 0 spiro atoms. The number of benzene rings is 2. The fraction of sp³-hybridized carbons (Fsp3) is 0.208. The zero-order valence-electron chi connectivity index (χ0n) is 16.9. The molecule has 1 amide bonds. The number of alkyl halides is 1. The van der Waals surface area contributed by atoms with Gasteiger partial charge in [0, 0.05) is 17.3 Å². The molecule has 2 aromatic carbocycles. The summed E-state index contributed by atoms with van der Waals surface area (Å²) in [6.07, 6.45) is 1.79. The molecule has 0 bridgehead atoms. The van der Waals surface area contributed by atoms with Gasteiger partial charge in [-0.1, -0.05) is 36.4 Å². The fourth-order valence-electron chi connectivity index (χ4n) is 3.71. The molecule has 1 aliphatic heterocycles. The number of nitrogens with one attached hydrogen (secondary N) is 1. The molecule has 0 aliphatic carbocycles. The molecular formula is C24H20FN3O2S. The van der Waals surface area contributed by atoms with E-state index in [1.165, 1.54) is 6.92 Å². The van der Waals surface area contributed by atoms with Crippen LogP contribution < -0.4 is 5.32 Å². The molecule has 1 N–H and O–H groups in total. The average Bonchev–Trinajstić information content (AvgIpc) is 3.21. The van der Waals surface area contributed by atoms with Crippen LogP contribution in [0.1, 0.15) is 34.1 Å². The first-order chi connectivity index (χ1) is 15.0. The van der Waals surface area contributed by atoms with Gasteiger partial charge in [0.25, 0.3) is 5.91 Å². The molecule has 2 aromatic heterocycles. The van der Waals surface area contributed by atoms with E-state index in [0.29, 0.717) is 23.4 Å². The minimum Gasteiger partial charge on any atom is -0.373 e. The molecule has 0 saturated carbocycles. The molecule has 0 saturated heterocycles. The predicted octanol–water partition coefficient (Wildman–Crippen LogP) is 5.00. The maximum atomic E-state index is 14.8. The molecule has 0 fully saturated rings.